The fraction of sp³-hybridized carbons (Fsp3) is 0.0435. The van der Waals surface area contributed by atoms with E-state index < -0.39 is 0 Å². The molecule has 0 radical (unpaired) electrons. The SMILES string of the molecule is Clc1ccc(-c2cnn(C(C#Cc3ccccc3)c3ccccc3)n2)cc1. The molecule has 27 heavy (non-hydrogen) atoms. The molecule has 1 aromatic heterocycles. The predicted molar refractivity (Wildman–Crippen MR) is 108 cm³/mol. The van der Waals surface area contributed by atoms with E-state index in [2.05, 4.69) is 22.0 Å². The molecule has 1 heterocycles. The van der Waals surface area contributed by atoms with E-state index in [0.29, 0.717) is 5.02 Å². The third-order valence-electron chi connectivity index (χ3n) is 4.12. The number of halogens is 1. The molecule has 0 aliphatic heterocycles. The van der Waals surface area contributed by atoms with E-state index in [0.717, 1.165) is 22.4 Å². The van der Waals surface area contributed by atoms with Gasteiger partial charge in [0.15, 0.2) is 6.04 Å². The lowest BCUT2D eigenvalue weighted by molar-refractivity contribution is 0.544. The number of hydrogen-bond donors (Lipinski definition) is 0. The van der Waals surface area contributed by atoms with Gasteiger partial charge >= 0.3 is 0 Å². The highest BCUT2D eigenvalue weighted by Crippen LogP contribution is 2.21. The van der Waals surface area contributed by atoms with Gasteiger partial charge in [0.05, 0.1) is 6.20 Å². The summed E-state index contributed by atoms with van der Waals surface area (Å²) < 4.78 is 0. The normalized spacial score (nSPS) is 11.4. The molecule has 0 saturated heterocycles. The summed E-state index contributed by atoms with van der Waals surface area (Å²) in [4.78, 5) is 1.66. The van der Waals surface area contributed by atoms with E-state index in [1.807, 2.05) is 84.9 Å². The number of aromatic nitrogens is 3. The van der Waals surface area contributed by atoms with E-state index >= 15 is 0 Å². The van der Waals surface area contributed by atoms with Crippen LogP contribution in [-0.4, -0.2) is 15.0 Å². The summed E-state index contributed by atoms with van der Waals surface area (Å²) in [7, 11) is 0. The van der Waals surface area contributed by atoms with Gasteiger partial charge in [-0.25, -0.2) is 0 Å². The molecule has 4 rings (SSSR count). The van der Waals surface area contributed by atoms with Crippen molar-refractivity contribution < 1.29 is 0 Å². The van der Waals surface area contributed by atoms with Gasteiger partial charge in [0.25, 0.3) is 0 Å². The highest BCUT2D eigenvalue weighted by molar-refractivity contribution is 6.30. The van der Waals surface area contributed by atoms with Crippen LogP contribution in [0.3, 0.4) is 0 Å². The molecule has 0 N–H and O–H groups in total. The average Bonchev–Trinajstić information content (AvgIpc) is 3.20. The van der Waals surface area contributed by atoms with Crippen molar-refractivity contribution in [3.05, 3.63) is 107 Å². The molecule has 0 spiro atoms. The van der Waals surface area contributed by atoms with Gasteiger partial charge < -0.3 is 0 Å². The van der Waals surface area contributed by atoms with Gasteiger partial charge in [0, 0.05) is 16.1 Å². The Morgan fingerprint density at radius 2 is 1.48 bits per heavy atom. The number of nitrogens with zero attached hydrogens (tertiary/aromatic N) is 3. The van der Waals surface area contributed by atoms with Gasteiger partial charge in [-0.1, -0.05) is 84.1 Å². The molecular weight excluding hydrogens is 354 g/mol. The van der Waals surface area contributed by atoms with Crippen LogP contribution in [0, 0.1) is 11.8 Å². The molecule has 4 aromatic rings. The molecule has 3 aromatic carbocycles. The van der Waals surface area contributed by atoms with E-state index in [1.54, 1.807) is 11.0 Å². The summed E-state index contributed by atoms with van der Waals surface area (Å²) in [5.74, 6) is 6.54. The van der Waals surface area contributed by atoms with Gasteiger partial charge in [-0.05, 0) is 29.8 Å². The van der Waals surface area contributed by atoms with Crippen LogP contribution in [0.4, 0.5) is 0 Å². The first-order valence-corrected chi connectivity index (χ1v) is 8.97. The summed E-state index contributed by atoms with van der Waals surface area (Å²) in [6.45, 7) is 0. The first-order valence-electron chi connectivity index (χ1n) is 8.59. The maximum absolute atomic E-state index is 5.97. The van der Waals surface area contributed by atoms with Gasteiger partial charge in [-0.15, -0.1) is 0 Å². The zero-order chi connectivity index (χ0) is 18.5. The highest BCUT2D eigenvalue weighted by Gasteiger charge is 2.14. The first-order chi connectivity index (χ1) is 13.3. The van der Waals surface area contributed by atoms with Crippen molar-refractivity contribution in [1.29, 1.82) is 0 Å². The quantitative estimate of drug-likeness (QED) is 0.462. The Kier molecular flexibility index (Phi) is 5.00. The molecule has 0 bridgehead atoms. The van der Waals surface area contributed by atoms with Crippen LogP contribution >= 0.6 is 11.6 Å². The predicted octanol–water partition coefficient (Wildman–Crippen LogP) is 5.24. The van der Waals surface area contributed by atoms with E-state index in [9.17, 15) is 0 Å². The second-order valence-corrected chi connectivity index (χ2v) is 6.44. The lowest BCUT2D eigenvalue weighted by atomic mass is 10.1. The Labute approximate surface area is 163 Å². The van der Waals surface area contributed by atoms with Gasteiger partial charge in [-0.3, -0.25) is 0 Å². The lowest BCUT2D eigenvalue weighted by Gasteiger charge is -2.10. The Bertz CT molecular complexity index is 1080. The third-order valence-corrected chi connectivity index (χ3v) is 4.37. The van der Waals surface area contributed by atoms with Crippen molar-refractivity contribution in [2.75, 3.05) is 0 Å². The van der Waals surface area contributed by atoms with Crippen molar-refractivity contribution in [2.45, 2.75) is 6.04 Å². The first kappa shape index (κ1) is 17.1. The minimum Gasteiger partial charge on any atom is -0.164 e. The van der Waals surface area contributed by atoms with E-state index in [1.165, 1.54) is 0 Å². The molecule has 0 aliphatic carbocycles. The molecule has 0 fully saturated rings. The topological polar surface area (TPSA) is 30.7 Å². The van der Waals surface area contributed by atoms with Gasteiger partial charge in [0.1, 0.15) is 5.69 Å². The number of rotatable bonds is 3. The lowest BCUT2D eigenvalue weighted by Crippen LogP contribution is -2.12. The van der Waals surface area contributed by atoms with Crippen LogP contribution in [0.15, 0.2) is 91.1 Å². The van der Waals surface area contributed by atoms with Crippen molar-refractivity contribution in [3.8, 4) is 23.1 Å². The summed E-state index contributed by atoms with van der Waals surface area (Å²) in [5.41, 5.74) is 3.75. The standard InChI is InChI=1S/C23H16ClN3/c24-21-14-12-19(13-15-21)22-17-25-27(26-22)23(20-9-5-2-6-10-20)16-11-18-7-3-1-4-8-18/h1-10,12-15,17,23H. The highest BCUT2D eigenvalue weighted by atomic mass is 35.5. The molecule has 1 unspecified atom stereocenters. The third kappa shape index (κ3) is 4.08. The summed E-state index contributed by atoms with van der Waals surface area (Å²) in [6.07, 6.45) is 1.75. The van der Waals surface area contributed by atoms with Crippen LogP contribution < -0.4 is 0 Å². The fourth-order valence-corrected chi connectivity index (χ4v) is 2.86. The Morgan fingerprint density at radius 1 is 0.815 bits per heavy atom. The van der Waals surface area contributed by atoms with Crippen LogP contribution in [0.2, 0.25) is 5.02 Å². The summed E-state index contributed by atoms with van der Waals surface area (Å²) in [5, 5.41) is 9.83. The molecule has 130 valence electrons. The second kappa shape index (κ2) is 7.90. The van der Waals surface area contributed by atoms with Crippen molar-refractivity contribution in [3.63, 3.8) is 0 Å². The minimum atomic E-state index is -0.271. The van der Waals surface area contributed by atoms with Crippen molar-refractivity contribution >= 4 is 11.6 Å². The molecule has 1 atom stereocenters. The number of benzene rings is 3. The Hall–Kier alpha value is -3.35. The van der Waals surface area contributed by atoms with Gasteiger partial charge in [0.2, 0.25) is 0 Å². The summed E-state index contributed by atoms with van der Waals surface area (Å²) >= 11 is 5.97. The molecule has 3 nitrogen and oxygen atoms in total. The van der Waals surface area contributed by atoms with E-state index in [4.69, 9.17) is 11.6 Å². The Balaban J connectivity index is 1.71. The van der Waals surface area contributed by atoms with Crippen molar-refractivity contribution in [2.24, 2.45) is 0 Å². The fourth-order valence-electron chi connectivity index (χ4n) is 2.74. The maximum Gasteiger partial charge on any atom is 0.157 e. The zero-order valence-electron chi connectivity index (χ0n) is 14.5. The Morgan fingerprint density at radius 3 is 2.19 bits per heavy atom. The second-order valence-electron chi connectivity index (χ2n) is 6.01. The molecule has 0 aliphatic rings. The monoisotopic (exact) mass is 369 g/mol. The van der Waals surface area contributed by atoms with Gasteiger partial charge in [-0.2, -0.15) is 15.0 Å². The van der Waals surface area contributed by atoms with Crippen LogP contribution in [0.25, 0.3) is 11.3 Å². The molecular formula is C23H16ClN3. The van der Waals surface area contributed by atoms with Crippen LogP contribution in [0.1, 0.15) is 17.2 Å². The maximum atomic E-state index is 5.97. The average molecular weight is 370 g/mol. The smallest absolute Gasteiger partial charge is 0.157 e. The van der Waals surface area contributed by atoms with E-state index in [-0.39, 0.29) is 6.04 Å². The zero-order valence-corrected chi connectivity index (χ0v) is 15.2. The number of hydrogen-bond acceptors (Lipinski definition) is 2. The van der Waals surface area contributed by atoms with Crippen LogP contribution in [-0.2, 0) is 0 Å². The summed E-state index contributed by atoms with van der Waals surface area (Å²) in [6, 6.07) is 27.3. The molecule has 0 amide bonds. The largest absolute Gasteiger partial charge is 0.164 e. The van der Waals surface area contributed by atoms with Crippen LogP contribution in [0.5, 0.6) is 0 Å². The molecule has 4 heteroatoms. The minimum absolute atomic E-state index is 0.271. The van der Waals surface area contributed by atoms with Crippen molar-refractivity contribution in [1.82, 2.24) is 15.0 Å². The molecule has 0 saturated carbocycles.